The molecule has 0 spiro atoms. The standard InChI is InChI=1S/C6H10O5/c7-2-4-1-6(10,3-11-4)5(8)9/h4,7,10H,1-3H2,(H,8,9)/t4-,6+/m0/s1. The van der Waals surface area contributed by atoms with Crippen molar-refractivity contribution in [3.05, 3.63) is 0 Å². The highest BCUT2D eigenvalue weighted by Gasteiger charge is 2.44. The average Bonchev–Trinajstić information content (AvgIpc) is 2.33. The number of carbonyl (C=O) groups is 1. The van der Waals surface area contributed by atoms with Crippen LogP contribution in [0, 0.1) is 0 Å². The van der Waals surface area contributed by atoms with Crippen molar-refractivity contribution in [2.45, 2.75) is 18.1 Å². The molecule has 11 heavy (non-hydrogen) atoms. The van der Waals surface area contributed by atoms with Crippen molar-refractivity contribution >= 4 is 5.97 Å². The minimum atomic E-state index is -1.80. The van der Waals surface area contributed by atoms with Gasteiger partial charge in [0.05, 0.1) is 19.3 Å². The lowest BCUT2D eigenvalue weighted by Crippen LogP contribution is -2.39. The first-order valence-electron chi connectivity index (χ1n) is 3.27. The van der Waals surface area contributed by atoms with Crippen LogP contribution in [0.2, 0.25) is 0 Å². The molecule has 5 heteroatoms. The number of ether oxygens (including phenoxy) is 1. The average molecular weight is 162 g/mol. The van der Waals surface area contributed by atoms with Gasteiger partial charge in [0, 0.05) is 6.42 Å². The van der Waals surface area contributed by atoms with Crippen molar-refractivity contribution in [2.75, 3.05) is 13.2 Å². The zero-order chi connectivity index (χ0) is 8.48. The molecule has 0 saturated carbocycles. The number of aliphatic carboxylic acids is 1. The maximum Gasteiger partial charge on any atom is 0.338 e. The van der Waals surface area contributed by atoms with Crippen molar-refractivity contribution in [3.63, 3.8) is 0 Å². The molecule has 0 aromatic rings. The zero-order valence-electron chi connectivity index (χ0n) is 5.86. The second-order valence-corrected chi connectivity index (χ2v) is 2.66. The Morgan fingerprint density at radius 1 is 1.73 bits per heavy atom. The molecule has 3 N–H and O–H groups in total. The number of aliphatic hydroxyl groups is 2. The largest absolute Gasteiger partial charge is 0.479 e. The fourth-order valence-corrected chi connectivity index (χ4v) is 1.02. The summed E-state index contributed by atoms with van der Waals surface area (Å²) in [6, 6.07) is 0. The van der Waals surface area contributed by atoms with Gasteiger partial charge in [0.25, 0.3) is 0 Å². The lowest BCUT2D eigenvalue weighted by atomic mass is 10.0. The number of hydrogen-bond acceptors (Lipinski definition) is 4. The summed E-state index contributed by atoms with van der Waals surface area (Å²) in [5.41, 5.74) is -1.80. The Bertz CT molecular complexity index is 168. The van der Waals surface area contributed by atoms with Crippen LogP contribution in [0.25, 0.3) is 0 Å². The number of rotatable bonds is 2. The summed E-state index contributed by atoms with van der Waals surface area (Å²) in [5, 5.41) is 26.3. The monoisotopic (exact) mass is 162 g/mol. The molecule has 0 aliphatic carbocycles. The van der Waals surface area contributed by atoms with Crippen LogP contribution < -0.4 is 0 Å². The van der Waals surface area contributed by atoms with Gasteiger partial charge in [-0.1, -0.05) is 0 Å². The Kier molecular flexibility index (Phi) is 2.12. The predicted molar refractivity (Wildman–Crippen MR) is 34.0 cm³/mol. The Hall–Kier alpha value is -0.650. The van der Waals surface area contributed by atoms with Gasteiger partial charge in [-0.2, -0.15) is 0 Å². The molecule has 1 rings (SSSR count). The molecule has 5 nitrogen and oxygen atoms in total. The molecule has 0 bridgehead atoms. The Morgan fingerprint density at radius 3 is 2.64 bits per heavy atom. The number of carboxylic acid groups (broad SMARTS) is 1. The first-order valence-corrected chi connectivity index (χ1v) is 3.27. The van der Waals surface area contributed by atoms with Crippen LogP contribution in [-0.2, 0) is 9.53 Å². The summed E-state index contributed by atoms with van der Waals surface area (Å²) in [7, 11) is 0. The van der Waals surface area contributed by atoms with Gasteiger partial charge in [-0.15, -0.1) is 0 Å². The second kappa shape index (κ2) is 2.77. The van der Waals surface area contributed by atoms with Crippen LogP contribution in [0.3, 0.4) is 0 Å². The topological polar surface area (TPSA) is 87.0 Å². The maximum absolute atomic E-state index is 10.4. The summed E-state index contributed by atoms with van der Waals surface area (Å²) in [6.07, 6.45) is -0.588. The molecule has 1 aliphatic heterocycles. The summed E-state index contributed by atoms with van der Waals surface area (Å²) >= 11 is 0. The fourth-order valence-electron chi connectivity index (χ4n) is 1.02. The van der Waals surface area contributed by atoms with Gasteiger partial charge in [-0.25, -0.2) is 4.79 Å². The molecule has 0 aromatic carbocycles. The summed E-state index contributed by atoms with van der Waals surface area (Å²) < 4.78 is 4.80. The predicted octanol–water partition coefficient (Wildman–Crippen LogP) is -1.42. The van der Waals surface area contributed by atoms with E-state index < -0.39 is 17.7 Å². The highest BCUT2D eigenvalue weighted by atomic mass is 16.5. The van der Waals surface area contributed by atoms with Crippen LogP contribution in [0.15, 0.2) is 0 Å². The van der Waals surface area contributed by atoms with E-state index in [0.717, 1.165) is 0 Å². The Morgan fingerprint density at radius 2 is 2.36 bits per heavy atom. The molecular weight excluding hydrogens is 152 g/mol. The molecular formula is C6H10O5. The molecule has 1 saturated heterocycles. The molecule has 0 radical (unpaired) electrons. The van der Waals surface area contributed by atoms with Gasteiger partial charge in [0.2, 0.25) is 0 Å². The normalized spacial score (nSPS) is 37.5. The van der Waals surface area contributed by atoms with Crippen LogP contribution in [0.4, 0.5) is 0 Å². The van der Waals surface area contributed by atoms with Crippen molar-refractivity contribution in [2.24, 2.45) is 0 Å². The van der Waals surface area contributed by atoms with E-state index in [1.165, 1.54) is 0 Å². The Balaban J connectivity index is 2.57. The third-order valence-electron chi connectivity index (χ3n) is 1.72. The molecule has 64 valence electrons. The molecule has 1 aliphatic rings. The van der Waals surface area contributed by atoms with E-state index in [0.29, 0.717) is 0 Å². The van der Waals surface area contributed by atoms with E-state index in [1.807, 2.05) is 0 Å². The van der Waals surface area contributed by atoms with Crippen molar-refractivity contribution in [1.29, 1.82) is 0 Å². The van der Waals surface area contributed by atoms with Gasteiger partial charge >= 0.3 is 5.97 Å². The third-order valence-corrected chi connectivity index (χ3v) is 1.72. The number of aliphatic hydroxyl groups excluding tert-OH is 1. The fraction of sp³-hybridized carbons (Fsp3) is 0.833. The van der Waals surface area contributed by atoms with Crippen molar-refractivity contribution in [1.82, 2.24) is 0 Å². The molecule has 0 aromatic heterocycles. The maximum atomic E-state index is 10.4. The number of hydrogen-bond donors (Lipinski definition) is 3. The first-order chi connectivity index (χ1) is 5.08. The van der Waals surface area contributed by atoms with E-state index >= 15 is 0 Å². The van der Waals surface area contributed by atoms with Crippen LogP contribution in [0.5, 0.6) is 0 Å². The highest BCUT2D eigenvalue weighted by Crippen LogP contribution is 2.23. The quantitative estimate of drug-likeness (QED) is 0.464. The Labute approximate surface area is 63.2 Å². The van der Waals surface area contributed by atoms with E-state index in [2.05, 4.69) is 0 Å². The molecule has 2 atom stereocenters. The van der Waals surface area contributed by atoms with Crippen LogP contribution in [-0.4, -0.2) is 46.2 Å². The van der Waals surface area contributed by atoms with Gasteiger partial charge in [0.15, 0.2) is 5.60 Å². The molecule has 1 heterocycles. The number of carboxylic acids is 1. The van der Waals surface area contributed by atoms with Crippen molar-refractivity contribution in [3.8, 4) is 0 Å². The molecule has 0 amide bonds. The third kappa shape index (κ3) is 1.50. The SMILES string of the molecule is O=C(O)[C@]1(O)CO[C@H](CO)C1. The minimum absolute atomic E-state index is 0.0428. The summed E-state index contributed by atoms with van der Waals surface area (Å²) in [4.78, 5) is 10.4. The second-order valence-electron chi connectivity index (χ2n) is 2.66. The summed E-state index contributed by atoms with van der Waals surface area (Å²) in [6.45, 7) is -0.497. The van der Waals surface area contributed by atoms with Crippen molar-refractivity contribution < 1.29 is 24.9 Å². The molecule has 1 fully saturated rings. The highest BCUT2D eigenvalue weighted by molar-refractivity contribution is 5.77. The van der Waals surface area contributed by atoms with Crippen LogP contribution >= 0.6 is 0 Å². The van der Waals surface area contributed by atoms with Gasteiger partial charge < -0.3 is 20.1 Å². The van der Waals surface area contributed by atoms with Gasteiger partial charge in [-0.3, -0.25) is 0 Å². The van der Waals surface area contributed by atoms with E-state index in [4.69, 9.17) is 14.9 Å². The van der Waals surface area contributed by atoms with E-state index in [9.17, 15) is 9.90 Å². The first kappa shape index (κ1) is 8.45. The minimum Gasteiger partial charge on any atom is -0.479 e. The van der Waals surface area contributed by atoms with Gasteiger partial charge in [0.1, 0.15) is 0 Å². The molecule has 0 unspecified atom stereocenters. The van der Waals surface area contributed by atoms with E-state index in [-0.39, 0.29) is 19.6 Å². The lowest BCUT2D eigenvalue weighted by molar-refractivity contribution is -0.158. The lowest BCUT2D eigenvalue weighted by Gasteiger charge is -2.13. The van der Waals surface area contributed by atoms with E-state index in [1.54, 1.807) is 0 Å². The summed E-state index contributed by atoms with van der Waals surface area (Å²) in [5.74, 6) is -1.30. The smallest absolute Gasteiger partial charge is 0.338 e. The van der Waals surface area contributed by atoms with Gasteiger partial charge in [-0.05, 0) is 0 Å². The van der Waals surface area contributed by atoms with Crippen LogP contribution in [0.1, 0.15) is 6.42 Å². The zero-order valence-corrected chi connectivity index (χ0v) is 5.86.